The summed E-state index contributed by atoms with van der Waals surface area (Å²) in [6, 6.07) is 0. The maximum atomic E-state index is 5.66. The summed E-state index contributed by atoms with van der Waals surface area (Å²) in [6.45, 7) is 3.15. The third-order valence-electron chi connectivity index (χ3n) is 1.99. The molecule has 0 unspecified atom stereocenters. The van der Waals surface area contributed by atoms with Crippen LogP contribution < -0.4 is 0 Å². The molecule has 86 valence electrons. The monoisotopic (exact) mass is 275 g/mol. The Morgan fingerprint density at radius 3 is 2.94 bits per heavy atom. The summed E-state index contributed by atoms with van der Waals surface area (Å²) in [5.41, 5.74) is 2.95. The van der Waals surface area contributed by atoms with Gasteiger partial charge in [0.2, 0.25) is 4.47 Å². The molecule has 0 radical (unpaired) electrons. The number of hydrogen-bond acceptors (Lipinski definition) is 6. The van der Waals surface area contributed by atoms with Gasteiger partial charge in [0.15, 0.2) is 0 Å². The molecule has 2 aromatic heterocycles. The fraction of sp³-hybridized carbons (Fsp3) is 0.444. The first-order chi connectivity index (χ1) is 7.75. The van der Waals surface area contributed by atoms with Crippen molar-refractivity contribution in [2.75, 3.05) is 6.61 Å². The average molecular weight is 276 g/mol. The molecule has 0 aromatic carbocycles. The van der Waals surface area contributed by atoms with Gasteiger partial charge >= 0.3 is 0 Å². The van der Waals surface area contributed by atoms with Crippen LogP contribution in [0.15, 0.2) is 5.51 Å². The fourth-order valence-corrected chi connectivity index (χ4v) is 2.75. The minimum atomic E-state index is 0.455. The Balaban J connectivity index is 1.71. The van der Waals surface area contributed by atoms with Gasteiger partial charge in [0.25, 0.3) is 0 Å². The van der Waals surface area contributed by atoms with Gasteiger partial charge < -0.3 is 4.74 Å². The second-order valence-electron chi connectivity index (χ2n) is 3.11. The first-order valence-electron chi connectivity index (χ1n) is 4.70. The second-order valence-corrected chi connectivity index (χ2v) is 5.70. The molecule has 0 saturated heterocycles. The number of halogens is 1. The Bertz CT molecular complexity index is 457. The van der Waals surface area contributed by atoms with Crippen LogP contribution in [0.1, 0.15) is 15.6 Å². The van der Waals surface area contributed by atoms with Crippen LogP contribution in [-0.4, -0.2) is 21.8 Å². The summed E-state index contributed by atoms with van der Waals surface area (Å²) >= 11 is 8.67. The zero-order chi connectivity index (χ0) is 11.4. The number of hydrogen-bond donors (Lipinski definition) is 0. The van der Waals surface area contributed by atoms with E-state index >= 15 is 0 Å². The van der Waals surface area contributed by atoms with E-state index in [9.17, 15) is 0 Å². The van der Waals surface area contributed by atoms with Gasteiger partial charge in [0.05, 0.1) is 17.8 Å². The van der Waals surface area contributed by atoms with Crippen molar-refractivity contribution >= 4 is 34.3 Å². The number of nitrogens with zero attached hydrogens (tertiary/aromatic N) is 3. The van der Waals surface area contributed by atoms with E-state index in [0.717, 1.165) is 17.1 Å². The zero-order valence-corrected chi connectivity index (χ0v) is 11.0. The van der Waals surface area contributed by atoms with Gasteiger partial charge in [-0.15, -0.1) is 21.5 Å². The number of rotatable bonds is 5. The summed E-state index contributed by atoms with van der Waals surface area (Å²) < 4.78 is 5.94. The van der Waals surface area contributed by atoms with E-state index in [4.69, 9.17) is 16.3 Å². The molecule has 2 aromatic rings. The van der Waals surface area contributed by atoms with Crippen LogP contribution in [0.5, 0.6) is 0 Å². The Kier molecular flexibility index (Phi) is 4.22. The van der Waals surface area contributed by atoms with E-state index in [1.54, 1.807) is 11.3 Å². The van der Waals surface area contributed by atoms with Gasteiger partial charge in [-0.3, -0.25) is 0 Å². The van der Waals surface area contributed by atoms with Crippen LogP contribution in [0.2, 0.25) is 4.47 Å². The highest BCUT2D eigenvalue weighted by atomic mass is 35.5. The molecule has 0 atom stereocenters. The molecule has 0 bridgehead atoms. The van der Waals surface area contributed by atoms with Crippen LogP contribution in [0.3, 0.4) is 0 Å². The highest BCUT2D eigenvalue weighted by Gasteiger charge is 2.03. The minimum absolute atomic E-state index is 0.455. The van der Waals surface area contributed by atoms with E-state index in [0.29, 0.717) is 17.7 Å². The topological polar surface area (TPSA) is 47.9 Å². The van der Waals surface area contributed by atoms with E-state index in [1.165, 1.54) is 16.2 Å². The highest BCUT2D eigenvalue weighted by molar-refractivity contribution is 7.15. The number of aromatic nitrogens is 3. The third-order valence-corrected chi connectivity index (χ3v) is 3.97. The van der Waals surface area contributed by atoms with Gasteiger partial charge in [0.1, 0.15) is 11.6 Å². The largest absolute Gasteiger partial charge is 0.374 e. The molecule has 4 nitrogen and oxygen atoms in total. The van der Waals surface area contributed by atoms with Crippen molar-refractivity contribution in [1.82, 2.24) is 15.2 Å². The van der Waals surface area contributed by atoms with Crippen LogP contribution in [-0.2, 0) is 17.8 Å². The van der Waals surface area contributed by atoms with Crippen molar-refractivity contribution in [3.63, 3.8) is 0 Å². The predicted octanol–water partition coefficient (Wildman–Crippen LogP) is 2.72. The maximum Gasteiger partial charge on any atom is 0.207 e. The van der Waals surface area contributed by atoms with E-state index < -0.39 is 0 Å². The molecular weight excluding hydrogens is 266 g/mol. The van der Waals surface area contributed by atoms with Crippen LogP contribution in [0, 0.1) is 6.92 Å². The summed E-state index contributed by atoms with van der Waals surface area (Å²) in [4.78, 5) is 5.46. The normalized spacial score (nSPS) is 10.9. The van der Waals surface area contributed by atoms with Gasteiger partial charge in [-0.25, -0.2) is 4.98 Å². The van der Waals surface area contributed by atoms with Gasteiger partial charge in [0, 0.05) is 11.3 Å². The lowest BCUT2D eigenvalue weighted by molar-refractivity contribution is 0.123. The number of ether oxygens (including phenoxy) is 1. The maximum absolute atomic E-state index is 5.66. The van der Waals surface area contributed by atoms with Crippen molar-refractivity contribution in [2.24, 2.45) is 0 Å². The molecule has 2 heterocycles. The summed E-state index contributed by atoms with van der Waals surface area (Å²) in [5.74, 6) is 0. The average Bonchev–Trinajstić information content (AvgIpc) is 2.83. The number of thiazole rings is 1. The lowest BCUT2D eigenvalue weighted by atomic mass is 10.3. The lowest BCUT2D eigenvalue weighted by Crippen LogP contribution is -1.98. The Hall–Kier alpha value is -0.560. The fourth-order valence-electron chi connectivity index (χ4n) is 1.18. The minimum Gasteiger partial charge on any atom is -0.374 e. The summed E-state index contributed by atoms with van der Waals surface area (Å²) in [7, 11) is 0. The van der Waals surface area contributed by atoms with Gasteiger partial charge in [-0.2, -0.15) is 0 Å². The van der Waals surface area contributed by atoms with Crippen LogP contribution in [0.4, 0.5) is 0 Å². The molecule has 0 fully saturated rings. The molecule has 0 spiro atoms. The molecule has 0 aliphatic heterocycles. The third kappa shape index (κ3) is 3.21. The van der Waals surface area contributed by atoms with E-state index in [2.05, 4.69) is 15.2 Å². The number of aryl methyl sites for hydroxylation is 1. The first kappa shape index (κ1) is 11.9. The standard InChI is InChI=1S/C9H10ClN3OS2/c1-6-7(15-5-11-6)2-3-14-4-8-12-13-9(10)16-8/h5H,2-4H2,1H3. The summed E-state index contributed by atoms with van der Waals surface area (Å²) in [6.07, 6.45) is 0.892. The van der Waals surface area contributed by atoms with Gasteiger partial charge in [-0.05, 0) is 18.5 Å². The van der Waals surface area contributed by atoms with Crippen molar-refractivity contribution < 1.29 is 4.74 Å². The Morgan fingerprint density at radius 2 is 2.31 bits per heavy atom. The second kappa shape index (κ2) is 5.67. The predicted molar refractivity (Wildman–Crippen MR) is 65.1 cm³/mol. The van der Waals surface area contributed by atoms with Crippen molar-refractivity contribution in [1.29, 1.82) is 0 Å². The van der Waals surface area contributed by atoms with Crippen LogP contribution in [0.25, 0.3) is 0 Å². The highest BCUT2D eigenvalue weighted by Crippen LogP contribution is 2.16. The van der Waals surface area contributed by atoms with Crippen molar-refractivity contribution in [3.8, 4) is 0 Å². The molecule has 0 N–H and O–H groups in total. The van der Waals surface area contributed by atoms with E-state index in [1.807, 2.05) is 12.4 Å². The molecule has 0 aliphatic carbocycles. The zero-order valence-electron chi connectivity index (χ0n) is 8.64. The molecule has 2 rings (SSSR count). The molecule has 0 aliphatic rings. The molecule has 16 heavy (non-hydrogen) atoms. The van der Waals surface area contributed by atoms with E-state index in [-0.39, 0.29) is 0 Å². The van der Waals surface area contributed by atoms with Crippen molar-refractivity contribution in [3.05, 3.63) is 25.6 Å². The molecular formula is C9H10ClN3OS2. The smallest absolute Gasteiger partial charge is 0.207 e. The quantitative estimate of drug-likeness (QED) is 0.787. The molecule has 0 saturated carbocycles. The molecule has 7 heteroatoms. The van der Waals surface area contributed by atoms with Gasteiger partial charge in [-0.1, -0.05) is 11.3 Å². The first-order valence-corrected chi connectivity index (χ1v) is 6.77. The lowest BCUT2D eigenvalue weighted by Gasteiger charge is -2.00. The Labute approximate surface area is 106 Å². The van der Waals surface area contributed by atoms with Crippen LogP contribution >= 0.6 is 34.3 Å². The van der Waals surface area contributed by atoms with Crippen molar-refractivity contribution in [2.45, 2.75) is 20.0 Å². The SMILES string of the molecule is Cc1ncsc1CCOCc1nnc(Cl)s1. The molecule has 0 amide bonds. The Morgan fingerprint density at radius 1 is 1.44 bits per heavy atom. The summed E-state index contributed by atoms with van der Waals surface area (Å²) in [5, 5.41) is 8.39.